The third-order valence-corrected chi connectivity index (χ3v) is 3.33. The molecule has 0 unspecified atom stereocenters. The summed E-state index contributed by atoms with van der Waals surface area (Å²) in [5, 5.41) is 0. The highest BCUT2D eigenvalue weighted by Crippen LogP contribution is 2.30. The van der Waals surface area contributed by atoms with Crippen molar-refractivity contribution in [2.75, 3.05) is 0 Å². The zero-order chi connectivity index (χ0) is 13.0. The second-order valence-electron chi connectivity index (χ2n) is 4.03. The Bertz CT molecular complexity index is 564. The van der Waals surface area contributed by atoms with Crippen molar-refractivity contribution in [1.29, 1.82) is 0 Å². The Hall–Kier alpha value is -1.61. The van der Waals surface area contributed by atoms with Crippen LogP contribution in [0.5, 0.6) is 5.75 Å². The molecule has 2 bridgehead atoms. The number of rotatable bonds is 1. The molecule has 92 valence electrons. The van der Waals surface area contributed by atoms with Crippen molar-refractivity contribution >= 4 is 22.2 Å². The monoisotopic (exact) mass is 304 g/mol. The van der Waals surface area contributed by atoms with Crippen LogP contribution in [-0.4, -0.2) is 6.29 Å². The lowest BCUT2D eigenvalue weighted by Gasteiger charge is -2.14. The molecule has 0 amide bonds. The van der Waals surface area contributed by atoms with Crippen molar-refractivity contribution in [3.05, 3.63) is 63.6 Å². The largest absolute Gasteiger partial charge is 0.488 e. The van der Waals surface area contributed by atoms with E-state index in [0.717, 1.165) is 34.2 Å². The number of hydrogen-bond acceptors (Lipinski definition) is 2. The molecule has 3 heteroatoms. The van der Waals surface area contributed by atoms with E-state index in [1.54, 1.807) is 0 Å². The summed E-state index contributed by atoms with van der Waals surface area (Å²) in [6.45, 7) is 2.66. The molecule has 18 heavy (non-hydrogen) atoms. The second kappa shape index (κ2) is 5.83. The van der Waals surface area contributed by atoms with Gasteiger partial charge in [0.15, 0.2) is 0 Å². The lowest BCUT2D eigenvalue weighted by atomic mass is 10.1. The zero-order valence-corrected chi connectivity index (χ0v) is 11.6. The smallest absolute Gasteiger partial charge is 0.150 e. The molecule has 2 heterocycles. The quantitative estimate of drug-likeness (QED) is 0.740. The van der Waals surface area contributed by atoms with E-state index in [2.05, 4.69) is 28.1 Å². The summed E-state index contributed by atoms with van der Waals surface area (Å²) in [4.78, 5) is 10.2. The van der Waals surface area contributed by atoms with E-state index in [1.807, 2.05) is 37.3 Å². The molecule has 0 spiro atoms. The van der Waals surface area contributed by atoms with Gasteiger partial charge >= 0.3 is 0 Å². The van der Waals surface area contributed by atoms with Gasteiger partial charge in [0.2, 0.25) is 0 Å². The molecule has 2 nitrogen and oxygen atoms in total. The van der Waals surface area contributed by atoms with Crippen molar-refractivity contribution in [3.8, 4) is 5.75 Å². The lowest BCUT2D eigenvalue weighted by Crippen LogP contribution is -2.01. The highest BCUT2D eigenvalue weighted by atomic mass is 79.9. The van der Waals surface area contributed by atoms with Crippen molar-refractivity contribution in [2.24, 2.45) is 0 Å². The molecule has 0 fully saturated rings. The maximum atomic E-state index is 10.2. The molecule has 0 aromatic heterocycles. The summed E-state index contributed by atoms with van der Waals surface area (Å²) in [6.07, 6.45) is 0.870. The molecular formula is C15H13BrO2. The summed E-state index contributed by atoms with van der Waals surface area (Å²) in [6, 6.07) is 13.6. The average Bonchev–Trinajstić information content (AvgIpc) is 2.41. The Morgan fingerprint density at radius 3 is 2.33 bits per heavy atom. The molecule has 2 aromatic carbocycles. The van der Waals surface area contributed by atoms with Crippen LogP contribution in [0.2, 0.25) is 0 Å². The molecule has 4 rings (SSSR count). The van der Waals surface area contributed by atoms with Crippen LogP contribution < -0.4 is 4.74 Å². The maximum Gasteiger partial charge on any atom is 0.150 e. The molecule has 2 aliphatic rings. The van der Waals surface area contributed by atoms with Gasteiger partial charge in [-0.2, -0.15) is 0 Å². The number of ether oxygens (including phenoxy) is 1. The summed E-state index contributed by atoms with van der Waals surface area (Å²) >= 11 is 3.37. The molecule has 2 aliphatic heterocycles. The Balaban J connectivity index is 0.000000134. The minimum absolute atomic E-state index is 0.737. The lowest BCUT2D eigenvalue weighted by molar-refractivity contribution is 0.112. The summed E-state index contributed by atoms with van der Waals surface area (Å²) in [5.41, 5.74) is 3.04. The van der Waals surface area contributed by atoms with E-state index in [9.17, 15) is 4.79 Å². The van der Waals surface area contributed by atoms with E-state index >= 15 is 0 Å². The number of halogens is 1. The fourth-order valence-corrected chi connectivity index (χ4v) is 2.17. The summed E-state index contributed by atoms with van der Waals surface area (Å²) in [7, 11) is 0. The molecule has 2 aromatic rings. The number of carbonyl (C=O) groups is 1. The van der Waals surface area contributed by atoms with Crippen LogP contribution in [0.3, 0.4) is 0 Å². The van der Waals surface area contributed by atoms with Gasteiger partial charge in [0.05, 0.1) is 4.47 Å². The predicted molar refractivity (Wildman–Crippen MR) is 75.0 cm³/mol. The van der Waals surface area contributed by atoms with Crippen LogP contribution in [0, 0.1) is 6.92 Å². The Kier molecular flexibility index (Phi) is 4.15. The number of carbonyl (C=O) groups excluding carboxylic acids is 1. The summed E-state index contributed by atoms with van der Waals surface area (Å²) in [5.74, 6) is 0.949. The Morgan fingerprint density at radius 2 is 2.00 bits per heavy atom. The second-order valence-corrected chi connectivity index (χ2v) is 4.88. The average molecular weight is 305 g/mol. The highest BCUT2D eigenvalue weighted by Gasteiger charge is 2.08. The third-order valence-electron chi connectivity index (χ3n) is 2.71. The van der Waals surface area contributed by atoms with Gasteiger partial charge in [-0.15, -0.1) is 0 Å². The van der Waals surface area contributed by atoms with Crippen LogP contribution >= 0.6 is 15.9 Å². The highest BCUT2D eigenvalue weighted by molar-refractivity contribution is 9.10. The number of benzene rings is 2. The van der Waals surface area contributed by atoms with E-state index in [-0.39, 0.29) is 0 Å². The van der Waals surface area contributed by atoms with Crippen molar-refractivity contribution in [2.45, 2.75) is 13.5 Å². The van der Waals surface area contributed by atoms with Crippen LogP contribution in [0.25, 0.3) is 0 Å². The van der Waals surface area contributed by atoms with Gasteiger partial charge in [-0.3, -0.25) is 4.79 Å². The van der Waals surface area contributed by atoms with Crippen LogP contribution in [0.15, 0.2) is 46.9 Å². The van der Waals surface area contributed by atoms with Crippen LogP contribution in [-0.2, 0) is 6.61 Å². The van der Waals surface area contributed by atoms with Crippen molar-refractivity contribution in [3.63, 3.8) is 0 Å². The fourth-order valence-electron chi connectivity index (χ4n) is 1.63. The van der Waals surface area contributed by atoms with Gasteiger partial charge in [-0.1, -0.05) is 30.3 Å². The first-order valence-electron chi connectivity index (χ1n) is 5.63. The van der Waals surface area contributed by atoms with Crippen LogP contribution in [0.1, 0.15) is 21.5 Å². The number of hydrogen-bond donors (Lipinski definition) is 0. The first-order chi connectivity index (χ1) is 8.70. The first-order valence-corrected chi connectivity index (χ1v) is 6.42. The molecular weight excluding hydrogens is 292 g/mol. The van der Waals surface area contributed by atoms with E-state index in [0.29, 0.717) is 0 Å². The van der Waals surface area contributed by atoms with Gasteiger partial charge in [0.25, 0.3) is 0 Å². The number of fused-ring (bicyclic) bond motifs is 3. The predicted octanol–water partition coefficient (Wildman–Crippen LogP) is 4.15. The van der Waals surface area contributed by atoms with E-state index < -0.39 is 0 Å². The summed E-state index contributed by atoms with van der Waals surface area (Å²) < 4.78 is 6.33. The fraction of sp³-hybridized carbons (Fsp3) is 0.133. The normalized spacial score (nSPS) is 11.2. The molecule has 0 N–H and O–H groups in total. The molecule has 0 saturated carbocycles. The SMILES string of the molecule is Brc1cc2ccc1OC2.Cc1ccccc1C=O. The number of aldehydes is 1. The first kappa shape index (κ1) is 12.8. The van der Waals surface area contributed by atoms with Gasteiger partial charge in [0, 0.05) is 5.56 Å². The van der Waals surface area contributed by atoms with Gasteiger partial charge in [-0.05, 0) is 46.1 Å². The minimum Gasteiger partial charge on any atom is -0.488 e. The Morgan fingerprint density at radius 1 is 1.22 bits per heavy atom. The van der Waals surface area contributed by atoms with Gasteiger partial charge in [0.1, 0.15) is 18.6 Å². The van der Waals surface area contributed by atoms with Crippen molar-refractivity contribution in [1.82, 2.24) is 0 Å². The standard InChI is InChI=1S/C8H8O.C7H5BrO/c1-7-4-2-3-5-8(7)6-9;8-6-3-5-1-2-7(6)9-4-5/h2-6H,1H3;1-3H,4H2. The molecule has 0 radical (unpaired) electrons. The molecule has 0 saturated heterocycles. The minimum atomic E-state index is 0.737. The third kappa shape index (κ3) is 2.99. The Labute approximate surface area is 115 Å². The number of aryl methyl sites for hydroxylation is 1. The topological polar surface area (TPSA) is 26.3 Å². The van der Waals surface area contributed by atoms with Gasteiger partial charge < -0.3 is 4.74 Å². The van der Waals surface area contributed by atoms with Crippen LogP contribution in [0.4, 0.5) is 0 Å². The van der Waals surface area contributed by atoms with E-state index in [1.165, 1.54) is 5.56 Å². The van der Waals surface area contributed by atoms with Gasteiger partial charge in [-0.25, -0.2) is 0 Å². The maximum absolute atomic E-state index is 10.2. The molecule has 0 aliphatic carbocycles. The van der Waals surface area contributed by atoms with E-state index in [4.69, 9.17) is 4.74 Å². The zero-order valence-electron chi connectivity index (χ0n) is 10.0. The molecule has 0 atom stereocenters. The van der Waals surface area contributed by atoms with Crippen molar-refractivity contribution < 1.29 is 9.53 Å².